The van der Waals surface area contributed by atoms with Gasteiger partial charge in [0, 0.05) is 13.5 Å². The van der Waals surface area contributed by atoms with Gasteiger partial charge in [0.05, 0.1) is 12.0 Å². The number of rotatable bonds is 2. The van der Waals surface area contributed by atoms with Gasteiger partial charge in [-0.25, -0.2) is 0 Å². The van der Waals surface area contributed by atoms with E-state index in [0.717, 1.165) is 0 Å². The van der Waals surface area contributed by atoms with Crippen molar-refractivity contribution in [2.24, 2.45) is 5.92 Å². The number of carbonyl (C=O) groups excluding carboxylic acids is 1. The maximum atomic E-state index is 10.7. The molecule has 1 aliphatic rings. The van der Waals surface area contributed by atoms with Crippen LogP contribution in [0.2, 0.25) is 0 Å². The van der Waals surface area contributed by atoms with E-state index in [1.807, 2.05) is 0 Å². The Balaban J connectivity index is 2.64. The molecule has 1 fully saturated rings. The Labute approximate surface area is 86.1 Å². The molecule has 0 spiro atoms. The normalized spacial score (nSPS) is 35.9. The van der Waals surface area contributed by atoms with Gasteiger partial charge in [-0.2, -0.15) is 0 Å². The van der Waals surface area contributed by atoms with Crippen LogP contribution in [0.15, 0.2) is 0 Å². The van der Waals surface area contributed by atoms with Gasteiger partial charge in [0.15, 0.2) is 0 Å². The van der Waals surface area contributed by atoms with Crippen LogP contribution < -0.4 is 10.6 Å². The Kier molecular flexibility index (Phi) is 3.61. The van der Waals surface area contributed by atoms with Crippen LogP contribution in [0.25, 0.3) is 0 Å². The van der Waals surface area contributed by atoms with Crippen LogP contribution in [0.4, 0.5) is 0 Å². The van der Waals surface area contributed by atoms with E-state index >= 15 is 0 Å². The van der Waals surface area contributed by atoms with E-state index in [1.54, 1.807) is 0 Å². The van der Waals surface area contributed by atoms with Crippen LogP contribution in [-0.4, -0.2) is 52.1 Å². The van der Waals surface area contributed by atoms with Gasteiger partial charge >= 0.3 is 5.97 Å². The van der Waals surface area contributed by atoms with Gasteiger partial charge in [-0.1, -0.05) is 0 Å². The van der Waals surface area contributed by atoms with E-state index in [-0.39, 0.29) is 12.5 Å². The molecule has 0 aliphatic carbocycles. The summed E-state index contributed by atoms with van der Waals surface area (Å²) in [5, 5.41) is 32.7. The van der Waals surface area contributed by atoms with Crippen LogP contribution in [0.1, 0.15) is 6.92 Å². The Bertz CT molecular complexity index is 268. The Hall–Kier alpha value is -1.18. The van der Waals surface area contributed by atoms with Gasteiger partial charge < -0.3 is 20.6 Å². The van der Waals surface area contributed by atoms with E-state index in [1.165, 1.54) is 6.92 Å². The second-order valence-corrected chi connectivity index (χ2v) is 3.51. The fourth-order valence-electron chi connectivity index (χ4n) is 1.52. The highest BCUT2D eigenvalue weighted by Crippen LogP contribution is 2.15. The number of nitrogens with one attached hydrogen (secondary N) is 2. The van der Waals surface area contributed by atoms with Crippen LogP contribution >= 0.6 is 0 Å². The summed E-state index contributed by atoms with van der Waals surface area (Å²) < 4.78 is 0. The van der Waals surface area contributed by atoms with Crippen molar-refractivity contribution in [1.29, 1.82) is 0 Å². The summed E-state index contributed by atoms with van der Waals surface area (Å²) in [6.07, 6.45) is -3.53. The number of aliphatic hydroxyl groups is 2. The predicted octanol–water partition coefficient (Wildman–Crippen LogP) is -2.53. The molecule has 1 heterocycles. The molecule has 7 heteroatoms. The number of amides is 1. The molecule has 0 saturated carbocycles. The molecular formula is C8H14N2O5. The summed E-state index contributed by atoms with van der Waals surface area (Å²) in [6.45, 7) is 1.27. The molecule has 0 aromatic carbocycles. The second kappa shape index (κ2) is 4.56. The van der Waals surface area contributed by atoms with E-state index in [4.69, 9.17) is 5.11 Å². The van der Waals surface area contributed by atoms with Gasteiger partial charge in [0.2, 0.25) is 5.91 Å². The number of carboxylic acid groups (broad SMARTS) is 1. The zero-order valence-corrected chi connectivity index (χ0v) is 8.17. The quantitative estimate of drug-likeness (QED) is 0.349. The van der Waals surface area contributed by atoms with Crippen LogP contribution in [0.3, 0.4) is 0 Å². The van der Waals surface area contributed by atoms with E-state index in [0.29, 0.717) is 0 Å². The smallest absolute Gasteiger partial charge is 0.310 e. The SMILES string of the molecule is CC(=O)N[C@H]1NC[C@@H](C(=O)O)[C@H](O)[C@@H]1O. The van der Waals surface area contributed by atoms with Gasteiger partial charge in [-0.15, -0.1) is 0 Å². The first kappa shape index (κ1) is 11.9. The minimum Gasteiger partial charge on any atom is -0.481 e. The van der Waals surface area contributed by atoms with Gasteiger partial charge in [-0.05, 0) is 0 Å². The molecular weight excluding hydrogens is 204 g/mol. The summed E-state index contributed by atoms with van der Waals surface area (Å²) in [4.78, 5) is 21.4. The van der Waals surface area contributed by atoms with Crippen molar-refractivity contribution in [2.45, 2.75) is 25.3 Å². The molecule has 1 saturated heterocycles. The third-order valence-corrected chi connectivity index (χ3v) is 2.34. The number of hydrogen-bond acceptors (Lipinski definition) is 5. The molecule has 1 aliphatic heterocycles. The van der Waals surface area contributed by atoms with Crippen LogP contribution in [0.5, 0.6) is 0 Å². The Morgan fingerprint density at radius 2 is 1.93 bits per heavy atom. The fraction of sp³-hybridized carbons (Fsp3) is 0.750. The summed E-state index contributed by atoms with van der Waals surface area (Å²) in [5.41, 5.74) is 0. The lowest BCUT2D eigenvalue weighted by molar-refractivity contribution is -0.153. The Morgan fingerprint density at radius 1 is 1.33 bits per heavy atom. The maximum absolute atomic E-state index is 10.7. The summed E-state index contributed by atoms with van der Waals surface area (Å²) in [5.74, 6) is -2.62. The molecule has 7 nitrogen and oxygen atoms in total. The van der Waals surface area contributed by atoms with Crippen molar-refractivity contribution in [3.63, 3.8) is 0 Å². The molecule has 0 aromatic rings. The molecule has 1 amide bonds. The maximum Gasteiger partial charge on any atom is 0.310 e. The first-order valence-electron chi connectivity index (χ1n) is 4.53. The zero-order valence-electron chi connectivity index (χ0n) is 8.17. The lowest BCUT2D eigenvalue weighted by Gasteiger charge is -2.36. The van der Waals surface area contributed by atoms with Crippen molar-refractivity contribution in [2.75, 3.05) is 6.54 Å². The van der Waals surface area contributed by atoms with Crippen molar-refractivity contribution in [3.05, 3.63) is 0 Å². The molecule has 0 aromatic heterocycles. The minimum absolute atomic E-state index is 0.00148. The number of aliphatic hydroxyl groups excluding tert-OH is 2. The lowest BCUT2D eigenvalue weighted by atomic mass is 9.92. The third kappa shape index (κ3) is 2.65. The van der Waals surface area contributed by atoms with Crippen molar-refractivity contribution in [1.82, 2.24) is 10.6 Å². The molecule has 15 heavy (non-hydrogen) atoms. The first-order chi connectivity index (χ1) is 6.93. The molecule has 0 unspecified atom stereocenters. The van der Waals surface area contributed by atoms with Crippen LogP contribution in [0, 0.1) is 5.92 Å². The second-order valence-electron chi connectivity index (χ2n) is 3.51. The lowest BCUT2D eigenvalue weighted by Crippen LogP contribution is -2.64. The average molecular weight is 218 g/mol. The number of piperidine rings is 1. The molecule has 5 N–H and O–H groups in total. The largest absolute Gasteiger partial charge is 0.481 e. The first-order valence-corrected chi connectivity index (χ1v) is 4.53. The minimum atomic E-state index is -1.39. The van der Waals surface area contributed by atoms with Crippen molar-refractivity contribution >= 4 is 11.9 Å². The van der Waals surface area contributed by atoms with Crippen LogP contribution in [-0.2, 0) is 9.59 Å². The average Bonchev–Trinajstić information content (AvgIpc) is 2.12. The highest BCUT2D eigenvalue weighted by Gasteiger charge is 2.41. The number of aliphatic carboxylic acids is 1. The monoisotopic (exact) mass is 218 g/mol. The molecule has 4 atom stereocenters. The Morgan fingerprint density at radius 3 is 2.40 bits per heavy atom. The third-order valence-electron chi connectivity index (χ3n) is 2.34. The predicted molar refractivity (Wildman–Crippen MR) is 48.7 cm³/mol. The zero-order chi connectivity index (χ0) is 11.6. The number of hydrogen-bond donors (Lipinski definition) is 5. The highest BCUT2D eigenvalue weighted by molar-refractivity contribution is 5.74. The molecule has 86 valence electrons. The van der Waals surface area contributed by atoms with E-state index in [2.05, 4.69) is 10.6 Å². The fourth-order valence-corrected chi connectivity index (χ4v) is 1.52. The van der Waals surface area contributed by atoms with Crippen molar-refractivity contribution < 1.29 is 24.9 Å². The molecule has 1 rings (SSSR count). The number of carbonyl (C=O) groups is 2. The molecule has 0 radical (unpaired) electrons. The van der Waals surface area contributed by atoms with Gasteiger partial charge in [-0.3, -0.25) is 14.9 Å². The molecule has 0 bridgehead atoms. The standard InChI is InChI=1S/C8H14N2O5/c1-3(11)10-7-6(13)5(12)4(2-9-7)8(14)15/h4-7,9,12-13H,2H2,1H3,(H,10,11)(H,14,15)/t4-,5+,6+,7-/m1/s1. The summed E-state index contributed by atoms with van der Waals surface area (Å²) in [7, 11) is 0. The van der Waals surface area contributed by atoms with E-state index in [9.17, 15) is 19.8 Å². The van der Waals surface area contributed by atoms with Gasteiger partial charge in [0.1, 0.15) is 12.3 Å². The van der Waals surface area contributed by atoms with Gasteiger partial charge in [0.25, 0.3) is 0 Å². The topological polar surface area (TPSA) is 119 Å². The number of carboxylic acids is 1. The summed E-state index contributed by atoms with van der Waals surface area (Å²) in [6, 6.07) is 0. The van der Waals surface area contributed by atoms with E-state index < -0.39 is 30.3 Å². The summed E-state index contributed by atoms with van der Waals surface area (Å²) >= 11 is 0. The van der Waals surface area contributed by atoms with Crippen molar-refractivity contribution in [3.8, 4) is 0 Å². The highest BCUT2D eigenvalue weighted by atomic mass is 16.4.